The number of hydrogen-bond acceptors (Lipinski definition) is 3. The van der Waals surface area contributed by atoms with Crippen molar-refractivity contribution >= 4 is 23.3 Å². The van der Waals surface area contributed by atoms with Gasteiger partial charge in [-0.1, -0.05) is 36.4 Å². The second-order valence-corrected chi connectivity index (χ2v) is 5.07. The van der Waals surface area contributed by atoms with Crippen LogP contribution >= 0.6 is 0 Å². The minimum absolute atomic E-state index is 0.220. The van der Waals surface area contributed by atoms with Gasteiger partial charge in [-0.25, -0.2) is 4.98 Å². The molecule has 0 fully saturated rings. The summed E-state index contributed by atoms with van der Waals surface area (Å²) < 4.78 is 0. The van der Waals surface area contributed by atoms with Crippen molar-refractivity contribution in [2.45, 2.75) is 0 Å². The monoisotopic (exact) mass is 317 g/mol. The van der Waals surface area contributed by atoms with Gasteiger partial charge in [0.2, 0.25) is 0 Å². The summed E-state index contributed by atoms with van der Waals surface area (Å²) in [6, 6.07) is 21.0. The van der Waals surface area contributed by atoms with E-state index >= 15 is 0 Å². The number of aromatic nitrogens is 1. The molecule has 0 unspecified atom stereocenters. The smallest absolute Gasteiger partial charge is 0.256 e. The van der Waals surface area contributed by atoms with Gasteiger partial charge in [0.05, 0.1) is 0 Å². The molecular formula is C19H15N3O2. The normalized spacial score (nSPS) is 10.0. The van der Waals surface area contributed by atoms with Gasteiger partial charge < -0.3 is 10.6 Å². The second-order valence-electron chi connectivity index (χ2n) is 5.07. The first-order chi connectivity index (χ1) is 11.7. The molecule has 3 aromatic rings. The molecule has 0 radical (unpaired) electrons. The Morgan fingerprint density at radius 2 is 1.25 bits per heavy atom. The lowest BCUT2D eigenvalue weighted by atomic mass is 10.2. The molecule has 0 atom stereocenters. The maximum atomic E-state index is 12.2. The zero-order valence-electron chi connectivity index (χ0n) is 12.8. The van der Waals surface area contributed by atoms with Crippen LogP contribution in [0.4, 0.5) is 11.5 Å². The minimum atomic E-state index is -0.255. The fraction of sp³-hybridized carbons (Fsp3) is 0. The number of nitrogens with one attached hydrogen (secondary N) is 2. The lowest BCUT2D eigenvalue weighted by molar-refractivity contribution is 0.101. The third-order valence-corrected chi connectivity index (χ3v) is 3.33. The van der Waals surface area contributed by atoms with E-state index in [1.165, 1.54) is 6.20 Å². The molecule has 2 aromatic carbocycles. The molecule has 3 rings (SSSR count). The number of carbonyl (C=O) groups excluding carboxylic acids is 2. The highest BCUT2D eigenvalue weighted by atomic mass is 16.2. The molecule has 0 saturated heterocycles. The summed E-state index contributed by atoms with van der Waals surface area (Å²) in [7, 11) is 0. The Bertz CT molecular complexity index is 780. The van der Waals surface area contributed by atoms with E-state index < -0.39 is 0 Å². The summed E-state index contributed by atoms with van der Waals surface area (Å²) in [5.74, 6) is -0.105. The van der Waals surface area contributed by atoms with Gasteiger partial charge in [0.15, 0.2) is 0 Å². The average Bonchev–Trinajstić information content (AvgIpc) is 2.63. The molecule has 5 heteroatoms. The van der Waals surface area contributed by atoms with Gasteiger partial charge in [-0.05, 0) is 30.3 Å². The number of rotatable bonds is 4. The van der Waals surface area contributed by atoms with E-state index in [9.17, 15) is 9.59 Å². The number of pyridine rings is 1. The van der Waals surface area contributed by atoms with Crippen molar-refractivity contribution in [3.05, 3.63) is 90.1 Å². The lowest BCUT2D eigenvalue weighted by Crippen LogP contribution is -2.14. The Morgan fingerprint density at radius 1 is 0.708 bits per heavy atom. The molecule has 1 heterocycles. The summed E-state index contributed by atoms with van der Waals surface area (Å²) in [4.78, 5) is 28.4. The van der Waals surface area contributed by atoms with E-state index in [4.69, 9.17) is 0 Å². The Morgan fingerprint density at radius 3 is 1.83 bits per heavy atom. The molecule has 2 amide bonds. The van der Waals surface area contributed by atoms with E-state index in [-0.39, 0.29) is 11.8 Å². The first-order valence-corrected chi connectivity index (χ1v) is 7.41. The number of benzene rings is 2. The largest absolute Gasteiger partial charge is 0.322 e. The maximum absolute atomic E-state index is 12.2. The van der Waals surface area contributed by atoms with Crippen LogP contribution in [0, 0.1) is 0 Å². The van der Waals surface area contributed by atoms with Crippen molar-refractivity contribution in [1.82, 2.24) is 4.98 Å². The van der Waals surface area contributed by atoms with Crippen molar-refractivity contribution in [3.63, 3.8) is 0 Å². The molecule has 2 N–H and O–H groups in total. The molecule has 0 saturated carbocycles. The predicted octanol–water partition coefficient (Wildman–Crippen LogP) is 3.59. The van der Waals surface area contributed by atoms with Crippen LogP contribution in [0.2, 0.25) is 0 Å². The van der Waals surface area contributed by atoms with E-state index in [0.29, 0.717) is 22.6 Å². The lowest BCUT2D eigenvalue weighted by Gasteiger charge is -2.08. The van der Waals surface area contributed by atoms with Crippen LogP contribution in [0.3, 0.4) is 0 Å². The SMILES string of the molecule is O=C(Nc1ccnc(NC(=O)c2ccccc2)c1)c1ccccc1. The van der Waals surface area contributed by atoms with Crippen molar-refractivity contribution in [2.24, 2.45) is 0 Å². The fourth-order valence-electron chi connectivity index (χ4n) is 2.15. The van der Waals surface area contributed by atoms with Gasteiger partial charge in [-0.15, -0.1) is 0 Å². The highest BCUT2D eigenvalue weighted by molar-refractivity contribution is 6.05. The van der Waals surface area contributed by atoms with E-state index in [1.54, 1.807) is 60.7 Å². The quantitative estimate of drug-likeness (QED) is 0.772. The molecule has 24 heavy (non-hydrogen) atoms. The second kappa shape index (κ2) is 7.19. The topological polar surface area (TPSA) is 71.1 Å². The number of hydrogen-bond donors (Lipinski definition) is 2. The number of carbonyl (C=O) groups is 2. The van der Waals surface area contributed by atoms with Gasteiger partial charge in [0.1, 0.15) is 5.82 Å². The van der Waals surface area contributed by atoms with Gasteiger partial charge in [0.25, 0.3) is 11.8 Å². The van der Waals surface area contributed by atoms with Crippen LogP contribution in [-0.2, 0) is 0 Å². The molecular weight excluding hydrogens is 302 g/mol. The Kier molecular flexibility index (Phi) is 4.62. The molecule has 0 aliphatic carbocycles. The van der Waals surface area contributed by atoms with E-state index in [1.807, 2.05) is 12.1 Å². The summed E-state index contributed by atoms with van der Waals surface area (Å²) in [6.07, 6.45) is 1.53. The Hall–Kier alpha value is -3.47. The maximum Gasteiger partial charge on any atom is 0.256 e. The summed E-state index contributed by atoms with van der Waals surface area (Å²) in [5.41, 5.74) is 1.66. The Labute approximate surface area is 139 Å². The van der Waals surface area contributed by atoms with Crippen LogP contribution in [0.5, 0.6) is 0 Å². The van der Waals surface area contributed by atoms with Crippen LogP contribution in [0.1, 0.15) is 20.7 Å². The number of nitrogens with zero attached hydrogens (tertiary/aromatic N) is 1. The van der Waals surface area contributed by atoms with Gasteiger partial charge in [0, 0.05) is 29.1 Å². The van der Waals surface area contributed by atoms with Crippen molar-refractivity contribution < 1.29 is 9.59 Å². The van der Waals surface area contributed by atoms with Gasteiger partial charge in [-0.3, -0.25) is 9.59 Å². The van der Waals surface area contributed by atoms with Crippen molar-refractivity contribution in [2.75, 3.05) is 10.6 Å². The standard InChI is InChI=1S/C19H15N3O2/c23-18(14-7-3-1-4-8-14)21-16-11-12-20-17(13-16)22-19(24)15-9-5-2-6-10-15/h1-13H,(H2,20,21,22,23,24). The third-order valence-electron chi connectivity index (χ3n) is 3.33. The predicted molar refractivity (Wildman–Crippen MR) is 93.0 cm³/mol. The molecule has 1 aromatic heterocycles. The zero-order chi connectivity index (χ0) is 16.8. The molecule has 0 aliphatic heterocycles. The average molecular weight is 317 g/mol. The van der Waals surface area contributed by atoms with Crippen LogP contribution in [0.25, 0.3) is 0 Å². The first-order valence-electron chi connectivity index (χ1n) is 7.41. The Balaban J connectivity index is 1.70. The first kappa shape index (κ1) is 15.4. The molecule has 0 aliphatic rings. The van der Waals surface area contributed by atoms with E-state index in [2.05, 4.69) is 15.6 Å². The highest BCUT2D eigenvalue weighted by Gasteiger charge is 2.08. The zero-order valence-corrected chi connectivity index (χ0v) is 12.8. The summed E-state index contributed by atoms with van der Waals surface area (Å²) in [6.45, 7) is 0. The molecule has 118 valence electrons. The van der Waals surface area contributed by atoms with Crippen molar-refractivity contribution in [3.8, 4) is 0 Å². The molecule has 0 bridgehead atoms. The van der Waals surface area contributed by atoms with E-state index in [0.717, 1.165) is 0 Å². The number of amides is 2. The highest BCUT2D eigenvalue weighted by Crippen LogP contribution is 2.14. The molecule has 5 nitrogen and oxygen atoms in total. The minimum Gasteiger partial charge on any atom is -0.322 e. The number of anilines is 2. The van der Waals surface area contributed by atoms with Gasteiger partial charge >= 0.3 is 0 Å². The summed E-state index contributed by atoms with van der Waals surface area (Å²) in [5, 5.41) is 5.49. The summed E-state index contributed by atoms with van der Waals surface area (Å²) >= 11 is 0. The van der Waals surface area contributed by atoms with Crippen LogP contribution in [0.15, 0.2) is 79.0 Å². The van der Waals surface area contributed by atoms with Crippen LogP contribution in [-0.4, -0.2) is 16.8 Å². The van der Waals surface area contributed by atoms with Crippen molar-refractivity contribution in [1.29, 1.82) is 0 Å². The molecule has 0 spiro atoms. The third kappa shape index (κ3) is 3.84. The fourth-order valence-corrected chi connectivity index (χ4v) is 2.15. The van der Waals surface area contributed by atoms with Crippen LogP contribution < -0.4 is 10.6 Å². The van der Waals surface area contributed by atoms with Gasteiger partial charge in [-0.2, -0.15) is 0 Å².